The van der Waals surface area contributed by atoms with Gasteiger partial charge in [-0.25, -0.2) is 13.8 Å². The average molecular weight is 293 g/mol. The van der Waals surface area contributed by atoms with Crippen LogP contribution in [0.5, 0.6) is 0 Å². The maximum Gasteiger partial charge on any atom is 0.129 e. The van der Waals surface area contributed by atoms with Crippen LogP contribution in [0.15, 0.2) is 36.4 Å². The van der Waals surface area contributed by atoms with Crippen LogP contribution in [0.1, 0.15) is 11.4 Å². The second kappa shape index (κ2) is 4.87. The molecule has 3 aromatic rings. The number of aromatic nitrogens is 2. The molecule has 0 saturated carbocycles. The Labute approximate surface area is 119 Å². The number of alkyl halides is 1. The number of hydrogen-bond acceptors (Lipinski definition) is 1. The van der Waals surface area contributed by atoms with E-state index in [1.54, 1.807) is 4.57 Å². The zero-order valence-electron chi connectivity index (χ0n) is 10.7. The highest BCUT2D eigenvalue weighted by molar-refractivity contribution is 6.17. The molecule has 5 heteroatoms. The number of nitrogens with zero attached hydrogens (tertiary/aromatic N) is 2. The highest BCUT2D eigenvalue weighted by Crippen LogP contribution is 2.26. The number of fused-ring (bicyclic) bond motifs is 1. The summed E-state index contributed by atoms with van der Waals surface area (Å²) in [6.07, 6.45) is 0. The zero-order valence-corrected chi connectivity index (χ0v) is 11.5. The molecule has 3 rings (SSSR count). The van der Waals surface area contributed by atoms with Gasteiger partial charge in [-0.2, -0.15) is 0 Å². The Balaban J connectivity index is 2.39. The summed E-state index contributed by atoms with van der Waals surface area (Å²) < 4.78 is 28.6. The van der Waals surface area contributed by atoms with Crippen molar-refractivity contribution in [2.24, 2.45) is 0 Å². The Hall–Kier alpha value is -1.94. The molecule has 2 nitrogen and oxygen atoms in total. The summed E-state index contributed by atoms with van der Waals surface area (Å²) in [5.41, 5.74) is 2.92. The van der Waals surface area contributed by atoms with Gasteiger partial charge in [0.1, 0.15) is 17.5 Å². The summed E-state index contributed by atoms with van der Waals surface area (Å²) in [5.74, 6) is -0.542. The van der Waals surface area contributed by atoms with Crippen LogP contribution in [0.2, 0.25) is 0 Å². The van der Waals surface area contributed by atoms with Crippen LogP contribution >= 0.6 is 11.6 Å². The van der Waals surface area contributed by atoms with Gasteiger partial charge in [-0.3, -0.25) is 4.57 Å². The molecule has 0 aliphatic rings. The molecule has 0 fully saturated rings. The number of aryl methyl sites for hydroxylation is 1. The minimum atomic E-state index is -0.629. The topological polar surface area (TPSA) is 17.8 Å². The van der Waals surface area contributed by atoms with E-state index in [2.05, 4.69) is 4.98 Å². The van der Waals surface area contributed by atoms with E-state index < -0.39 is 11.6 Å². The molecule has 1 aromatic heterocycles. The Kier molecular flexibility index (Phi) is 3.18. The van der Waals surface area contributed by atoms with Crippen molar-refractivity contribution in [3.8, 4) is 5.69 Å². The fourth-order valence-electron chi connectivity index (χ4n) is 2.38. The van der Waals surface area contributed by atoms with Crippen molar-refractivity contribution in [3.63, 3.8) is 0 Å². The third-order valence-electron chi connectivity index (χ3n) is 3.17. The van der Waals surface area contributed by atoms with E-state index in [4.69, 9.17) is 11.6 Å². The molecule has 0 bridgehead atoms. The lowest BCUT2D eigenvalue weighted by Gasteiger charge is -2.09. The third-order valence-corrected chi connectivity index (χ3v) is 3.41. The van der Waals surface area contributed by atoms with E-state index in [1.807, 2.05) is 25.1 Å². The predicted octanol–water partition coefficient (Wildman–Crippen LogP) is 4.35. The highest BCUT2D eigenvalue weighted by Gasteiger charge is 2.14. The number of rotatable bonds is 2. The van der Waals surface area contributed by atoms with Crippen molar-refractivity contribution >= 4 is 22.6 Å². The normalized spacial score (nSPS) is 11.2. The first kappa shape index (κ1) is 13.1. The first-order chi connectivity index (χ1) is 9.60. The van der Waals surface area contributed by atoms with E-state index in [9.17, 15) is 8.78 Å². The largest absolute Gasteiger partial charge is 0.295 e. The standard InChI is InChI=1S/C15H11ClF2N2/c1-9-3-2-4-13-15(9)20(14(8-16)19-13)12-6-10(17)5-11(18)7-12/h2-7H,8H2,1H3. The van der Waals surface area contributed by atoms with Crippen molar-refractivity contribution in [2.75, 3.05) is 0 Å². The summed E-state index contributed by atoms with van der Waals surface area (Å²) in [6.45, 7) is 1.92. The van der Waals surface area contributed by atoms with E-state index in [-0.39, 0.29) is 5.88 Å². The van der Waals surface area contributed by atoms with Crippen LogP contribution in [0.3, 0.4) is 0 Å². The quantitative estimate of drug-likeness (QED) is 0.642. The summed E-state index contributed by atoms with van der Waals surface area (Å²) in [5, 5.41) is 0. The molecule has 0 saturated heterocycles. The molecular formula is C15H11ClF2N2. The molecule has 2 aromatic carbocycles. The minimum Gasteiger partial charge on any atom is -0.295 e. The Morgan fingerprint density at radius 2 is 1.85 bits per heavy atom. The SMILES string of the molecule is Cc1cccc2nc(CCl)n(-c3cc(F)cc(F)c3)c12. The lowest BCUT2D eigenvalue weighted by molar-refractivity contribution is 0.581. The first-order valence-electron chi connectivity index (χ1n) is 6.09. The molecule has 20 heavy (non-hydrogen) atoms. The predicted molar refractivity (Wildman–Crippen MR) is 75.3 cm³/mol. The maximum atomic E-state index is 13.4. The molecule has 1 heterocycles. The molecule has 0 unspecified atom stereocenters. The van der Waals surface area contributed by atoms with E-state index in [0.29, 0.717) is 11.5 Å². The van der Waals surface area contributed by atoms with E-state index in [0.717, 1.165) is 22.7 Å². The summed E-state index contributed by atoms with van der Waals surface area (Å²) in [4.78, 5) is 4.41. The number of imidazole rings is 1. The Morgan fingerprint density at radius 3 is 2.50 bits per heavy atom. The van der Waals surface area contributed by atoms with Gasteiger partial charge in [-0.1, -0.05) is 12.1 Å². The number of halogens is 3. The van der Waals surface area contributed by atoms with Crippen LogP contribution in [0.4, 0.5) is 8.78 Å². The lowest BCUT2D eigenvalue weighted by atomic mass is 10.2. The minimum absolute atomic E-state index is 0.159. The van der Waals surface area contributed by atoms with Gasteiger partial charge in [-0.05, 0) is 30.7 Å². The second-order valence-electron chi connectivity index (χ2n) is 4.57. The molecule has 0 radical (unpaired) electrons. The van der Waals surface area contributed by atoms with Crippen molar-refractivity contribution < 1.29 is 8.78 Å². The molecule has 102 valence electrons. The smallest absolute Gasteiger partial charge is 0.129 e. The van der Waals surface area contributed by atoms with Crippen LogP contribution < -0.4 is 0 Å². The van der Waals surface area contributed by atoms with Crippen LogP contribution in [0, 0.1) is 18.6 Å². The van der Waals surface area contributed by atoms with Gasteiger partial charge in [0, 0.05) is 6.07 Å². The lowest BCUT2D eigenvalue weighted by Crippen LogP contribution is -2.01. The molecule has 0 aliphatic carbocycles. The van der Waals surface area contributed by atoms with Gasteiger partial charge in [0.15, 0.2) is 0 Å². The first-order valence-corrected chi connectivity index (χ1v) is 6.63. The fourth-order valence-corrected chi connectivity index (χ4v) is 2.56. The Bertz CT molecular complexity index is 776. The van der Waals surface area contributed by atoms with E-state index in [1.165, 1.54) is 12.1 Å². The monoisotopic (exact) mass is 292 g/mol. The van der Waals surface area contributed by atoms with Crippen molar-refractivity contribution in [3.05, 3.63) is 59.4 Å². The third kappa shape index (κ3) is 2.06. The molecule has 0 N–H and O–H groups in total. The highest BCUT2D eigenvalue weighted by atomic mass is 35.5. The number of para-hydroxylation sites is 1. The summed E-state index contributed by atoms with van der Waals surface area (Å²) in [6, 6.07) is 9.05. The van der Waals surface area contributed by atoms with Gasteiger partial charge < -0.3 is 0 Å². The molecule has 0 atom stereocenters. The van der Waals surface area contributed by atoms with E-state index >= 15 is 0 Å². The van der Waals surface area contributed by atoms with Crippen LogP contribution in [-0.4, -0.2) is 9.55 Å². The zero-order chi connectivity index (χ0) is 14.3. The number of hydrogen-bond donors (Lipinski definition) is 0. The van der Waals surface area contributed by atoms with Crippen LogP contribution in [-0.2, 0) is 5.88 Å². The summed E-state index contributed by atoms with van der Waals surface area (Å²) in [7, 11) is 0. The van der Waals surface area contributed by atoms with Crippen molar-refractivity contribution in [1.29, 1.82) is 0 Å². The molecule has 0 spiro atoms. The summed E-state index contributed by atoms with van der Waals surface area (Å²) >= 11 is 5.91. The number of benzene rings is 2. The van der Waals surface area contributed by atoms with Gasteiger partial charge >= 0.3 is 0 Å². The molecule has 0 amide bonds. The second-order valence-corrected chi connectivity index (χ2v) is 4.83. The fraction of sp³-hybridized carbons (Fsp3) is 0.133. The van der Waals surface area contributed by atoms with Crippen molar-refractivity contribution in [1.82, 2.24) is 9.55 Å². The van der Waals surface area contributed by atoms with Crippen molar-refractivity contribution in [2.45, 2.75) is 12.8 Å². The average Bonchev–Trinajstić information content (AvgIpc) is 2.77. The Morgan fingerprint density at radius 1 is 1.15 bits per heavy atom. The van der Waals surface area contributed by atoms with Crippen LogP contribution in [0.25, 0.3) is 16.7 Å². The van der Waals surface area contributed by atoms with Gasteiger partial charge in [-0.15, -0.1) is 11.6 Å². The van der Waals surface area contributed by atoms with Gasteiger partial charge in [0.2, 0.25) is 0 Å². The molecule has 0 aliphatic heterocycles. The van der Waals surface area contributed by atoms with Gasteiger partial charge in [0.25, 0.3) is 0 Å². The van der Waals surface area contributed by atoms with Gasteiger partial charge in [0.05, 0.1) is 22.6 Å². The molecular weight excluding hydrogens is 282 g/mol. The maximum absolute atomic E-state index is 13.4.